The number of hydrogen-bond donors (Lipinski definition) is 2. The zero-order valence-corrected chi connectivity index (χ0v) is 16.7. The third kappa shape index (κ3) is 10.8. The fraction of sp³-hybridized carbons (Fsp3) is 0.875. The number of carboxylic acids is 2. The molecule has 0 unspecified atom stereocenters. The van der Waals surface area contributed by atoms with Crippen LogP contribution in [-0.4, -0.2) is 73.1 Å². The van der Waals surface area contributed by atoms with E-state index in [0.29, 0.717) is 26.1 Å². The van der Waals surface area contributed by atoms with Crippen LogP contribution in [0.15, 0.2) is 0 Å². The molecule has 0 heterocycles. The molecule has 0 aromatic rings. The second kappa shape index (κ2) is 11.7. The average Bonchev–Trinajstić information content (AvgIpc) is 2.36. The maximum atomic E-state index is 10.9. The van der Waals surface area contributed by atoms with E-state index in [1.807, 2.05) is 0 Å². The molecule has 128 valence electrons. The summed E-state index contributed by atoms with van der Waals surface area (Å²) in [6, 6.07) is 0. The number of aliphatic carboxylic acids is 2. The molecule has 6 heteroatoms. The first-order valence-electron chi connectivity index (χ1n) is 7.64. The molecule has 0 saturated carbocycles. The number of ether oxygens (including phenoxy) is 1. The van der Waals surface area contributed by atoms with Crippen LogP contribution in [0.25, 0.3) is 0 Å². The molecule has 0 fully saturated rings. The van der Waals surface area contributed by atoms with Crippen molar-refractivity contribution in [1.82, 2.24) is 0 Å². The molecule has 0 aliphatic carbocycles. The Hall–Kier alpha value is 0.160. The summed E-state index contributed by atoms with van der Waals surface area (Å²) in [5, 5.41) is 17.9. The first-order valence-corrected chi connectivity index (χ1v) is 7.64. The van der Waals surface area contributed by atoms with Crippen LogP contribution in [0.3, 0.4) is 0 Å². The smallest absolute Gasteiger partial charge is 1.00 e. The van der Waals surface area contributed by atoms with E-state index in [4.69, 9.17) is 14.9 Å². The molecule has 2 N–H and O–H groups in total. The van der Waals surface area contributed by atoms with E-state index in [9.17, 15) is 9.59 Å². The van der Waals surface area contributed by atoms with Gasteiger partial charge in [0.05, 0.1) is 10.8 Å². The van der Waals surface area contributed by atoms with Gasteiger partial charge in [0, 0.05) is 13.2 Å². The molecule has 22 heavy (non-hydrogen) atoms. The van der Waals surface area contributed by atoms with Crippen LogP contribution in [-0.2, 0) is 14.3 Å². The van der Waals surface area contributed by atoms with Gasteiger partial charge in [0.15, 0.2) is 0 Å². The minimum Gasteiger partial charge on any atom is -1.00 e. The van der Waals surface area contributed by atoms with Gasteiger partial charge in [-0.05, 0) is 53.4 Å². The maximum absolute atomic E-state index is 10.9. The van der Waals surface area contributed by atoms with E-state index in [0.717, 1.165) is 25.7 Å². The van der Waals surface area contributed by atoms with Gasteiger partial charge >= 0.3 is 49.7 Å². The normalized spacial score (nSPS) is 11.8. The van der Waals surface area contributed by atoms with Crippen LogP contribution in [0.4, 0.5) is 0 Å². The van der Waals surface area contributed by atoms with Gasteiger partial charge in [0.25, 0.3) is 0 Å². The average molecular weight is 345 g/mol. The third-order valence-corrected chi connectivity index (χ3v) is 3.84. The summed E-state index contributed by atoms with van der Waals surface area (Å²) in [6.07, 6.45) is 4.70. The predicted octanol–water partition coefficient (Wildman–Crippen LogP) is 3.41. The van der Waals surface area contributed by atoms with Gasteiger partial charge in [-0.3, -0.25) is 9.59 Å². The van der Waals surface area contributed by atoms with Gasteiger partial charge in [0.1, 0.15) is 0 Å². The molecule has 0 aliphatic heterocycles. The summed E-state index contributed by atoms with van der Waals surface area (Å²) >= 11 is 0. The SMILES string of the molecule is CC(C)(CCCCOCCCCC(C)(C)C(=O)O)C(=O)O.[Ca+2].[H-].[H-]. The second-order valence-electron chi connectivity index (χ2n) is 6.90. The Labute approximate surface area is 166 Å². The van der Waals surface area contributed by atoms with Crippen molar-refractivity contribution in [3.05, 3.63) is 0 Å². The van der Waals surface area contributed by atoms with Gasteiger partial charge in [-0.25, -0.2) is 0 Å². The Bertz CT molecular complexity index is 317. The van der Waals surface area contributed by atoms with Gasteiger partial charge in [-0.1, -0.05) is 12.8 Å². The van der Waals surface area contributed by atoms with Crippen molar-refractivity contribution >= 4 is 49.7 Å². The van der Waals surface area contributed by atoms with Crippen LogP contribution < -0.4 is 0 Å². The summed E-state index contributed by atoms with van der Waals surface area (Å²) in [5.41, 5.74) is -1.33. The molecule has 0 rings (SSSR count). The Morgan fingerprint density at radius 3 is 1.41 bits per heavy atom. The van der Waals surface area contributed by atoms with Gasteiger partial charge in [-0.2, -0.15) is 0 Å². The molecule has 0 aliphatic rings. The van der Waals surface area contributed by atoms with Crippen LogP contribution in [0.1, 0.15) is 69.1 Å². The first-order chi connectivity index (χ1) is 9.59. The molecule has 0 amide bonds. The molecular formula is C16H32CaO5. The Morgan fingerprint density at radius 2 is 1.14 bits per heavy atom. The molecule has 0 aromatic heterocycles. The first kappa shape index (κ1) is 24.4. The van der Waals surface area contributed by atoms with Crippen molar-refractivity contribution in [3.8, 4) is 0 Å². The topological polar surface area (TPSA) is 83.8 Å². The maximum Gasteiger partial charge on any atom is 2.00 e. The molecular weight excluding hydrogens is 312 g/mol. The second-order valence-corrected chi connectivity index (χ2v) is 6.90. The number of carboxylic acid groups (broad SMARTS) is 2. The van der Waals surface area contributed by atoms with E-state index in [-0.39, 0.29) is 40.6 Å². The van der Waals surface area contributed by atoms with Crippen molar-refractivity contribution < 1.29 is 27.4 Å². The summed E-state index contributed by atoms with van der Waals surface area (Å²) in [5.74, 6) is -1.52. The fourth-order valence-corrected chi connectivity index (χ4v) is 1.86. The van der Waals surface area contributed by atoms with E-state index >= 15 is 0 Å². The van der Waals surface area contributed by atoms with Crippen LogP contribution in [0.5, 0.6) is 0 Å². The molecule has 0 atom stereocenters. The summed E-state index contributed by atoms with van der Waals surface area (Å²) in [6.45, 7) is 8.22. The molecule has 0 aromatic carbocycles. The minimum absolute atomic E-state index is 0. The number of unbranched alkanes of at least 4 members (excludes halogenated alkanes) is 2. The van der Waals surface area contributed by atoms with E-state index < -0.39 is 22.8 Å². The quantitative estimate of drug-likeness (QED) is 0.419. The van der Waals surface area contributed by atoms with Crippen LogP contribution in [0.2, 0.25) is 0 Å². The number of rotatable bonds is 12. The number of carbonyl (C=O) groups is 2. The molecule has 5 nitrogen and oxygen atoms in total. The van der Waals surface area contributed by atoms with Crippen molar-refractivity contribution in [3.63, 3.8) is 0 Å². The van der Waals surface area contributed by atoms with Gasteiger partial charge < -0.3 is 17.8 Å². The Balaban J connectivity index is -0.000000667. The van der Waals surface area contributed by atoms with E-state index in [1.165, 1.54) is 0 Å². The van der Waals surface area contributed by atoms with E-state index in [2.05, 4.69) is 0 Å². The minimum atomic E-state index is -0.760. The molecule has 0 radical (unpaired) electrons. The summed E-state index contributed by atoms with van der Waals surface area (Å²) in [7, 11) is 0. The Kier molecular flexibility index (Phi) is 12.9. The van der Waals surface area contributed by atoms with Crippen molar-refractivity contribution in [1.29, 1.82) is 0 Å². The van der Waals surface area contributed by atoms with Gasteiger partial charge in [-0.15, -0.1) is 0 Å². The zero-order chi connectivity index (χ0) is 16.5. The summed E-state index contributed by atoms with van der Waals surface area (Å²) in [4.78, 5) is 21.8. The largest absolute Gasteiger partial charge is 2.00 e. The molecule has 0 spiro atoms. The van der Waals surface area contributed by atoms with E-state index in [1.54, 1.807) is 27.7 Å². The fourth-order valence-electron chi connectivity index (χ4n) is 1.86. The zero-order valence-electron chi connectivity index (χ0n) is 16.5. The van der Waals surface area contributed by atoms with Crippen molar-refractivity contribution in [2.24, 2.45) is 10.8 Å². The predicted molar refractivity (Wildman–Crippen MR) is 89.3 cm³/mol. The molecule has 0 bridgehead atoms. The molecule has 0 saturated heterocycles. The van der Waals surface area contributed by atoms with Crippen molar-refractivity contribution in [2.75, 3.05) is 13.2 Å². The van der Waals surface area contributed by atoms with Crippen LogP contribution >= 0.6 is 0 Å². The van der Waals surface area contributed by atoms with Gasteiger partial charge in [0.2, 0.25) is 0 Å². The Morgan fingerprint density at radius 1 is 0.818 bits per heavy atom. The summed E-state index contributed by atoms with van der Waals surface area (Å²) < 4.78 is 5.49. The van der Waals surface area contributed by atoms with Crippen LogP contribution in [0, 0.1) is 10.8 Å². The van der Waals surface area contributed by atoms with Crippen molar-refractivity contribution in [2.45, 2.75) is 66.2 Å². The number of hydrogen-bond acceptors (Lipinski definition) is 3. The standard InChI is InChI=1S/C16H30O5.Ca.2H/c1-15(2,13(17)18)9-5-7-11-21-12-8-6-10-16(3,4)14(19)20;;;/h5-12H2,1-4H3,(H,17,18)(H,19,20);;;/q;+2;2*-1. The third-order valence-electron chi connectivity index (χ3n) is 3.84. The monoisotopic (exact) mass is 344 g/mol.